The van der Waals surface area contributed by atoms with Crippen LogP contribution in [0, 0.1) is 11.6 Å². The molecule has 0 bridgehead atoms. The number of ether oxygens (including phenoxy) is 1. The molecule has 0 radical (unpaired) electrons. The van der Waals surface area contributed by atoms with Gasteiger partial charge in [0, 0.05) is 36.3 Å². The summed E-state index contributed by atoms with van der Waals surface area (Å²) in [5.41, 5.74) is 0.805. The minimum absolute atomic E-state index is 0.0107. The van der Waals surface area contributed by atoms with Gasteiger partial charge in [-0.1, -0.05) is 0 Å². The first-order valence-corrected chi connectivity index (χ1v) is 8.90. The van der Waals surface area contributed by atoms with Crippen molar-refractivity contribution in [1.82, 2.24) is 5.32 Å². The van der Waals surface area contributed by atoms with E-state index in [1.165, 1.54) is 7.11 Å². The summed E-state index contributed by atoms with van der Waals surface area (Å²) in [6.07, 6.45) is 1.26. The van der Waals surface area contributed by atoms with Crippen LogP contribution in [0.4, 0.5) is 20.2 Å². The first-order chi connectivity index (χ1) is 13.9. The van der Waals surface area contributed by atoms with Gasteiger partial charge in [-0.25, -0.2) is 8.78 Å². The summed E-state index contributed by atoms with van der Waals surface area (Å²) >= 11 is 0. The Bertz CT molecular complexity index is 944. The Kier molecular flexibility index (Phi) is 6.06. The SMILES string of the molecule is COc1cc(NC(=O)CNC(=O)c2cc(F)cc(F)c2)ccc1N1CCCC1=O. The van der Waals surface area contributed by atoms with Crippen LogP contribution in [0.3, 0.4) is 0 Å². The Morgan fingerprint density at radius 2 is 1.86 bits per heavy atom. The Morgan fingerprint density at radius 1 is 1.14 bits per heavy atom. The second-order valence-electron chi connectivity index (χ2n) is 6.42. The van der Waals surface area contributed by atoms with Crippen LogP contribution in [0.25, 0.3) is 0 Å². The Labute approximate surface area is 165 Å². The third-order valence-electron chi connectivity index (χ3n) is 4.36. The molecular weight excluding hydrogens is 384 g/mol. The van der Waals surface area contributed by atoms with E-state index in [0.29, 0.717) is 36.2 Å². The van der Waals surface area contributed by atoms with Crippen LogP contribution in [0.1, 0.15) is 23.2 Å². The summed E-state index contributed by atoms with van der Waals surface area (Å²) in [4.78, 5) is 37.6. The molecule has 0 saturated carbocycles. The molecular formula is C20H19F2N3O4. The molecule has 1 saturated heterocycles. The smallest absolute Gasteiger partial charge is 0.251 e. The molecule has 0 aromatic heterocycles. The minimum atomic E-state index is -0.886. The highest BCUT2D eigenvalue weighted by Gasteiger charge is 2.24. The molecule has 7 nitrogen and oxygen atoms in total. The molecule has 29 heavy (non-hydrogen) atoms. The maximum atomic E-state index is 13.2. The van der Waals surface area contributed by atoms with Crippen molar-refractivity contribution in [3.63, 3.8) is 0 Å². The van der Waals surface area contributed by atoms with Crippen molar-refractivity contribution in [1.29, 1.82) is 0 Å². The summed E-state index contributed by atoms with van der Waals surface area (Å²) in [5, 5.41) is 4.89. The summed E-state index contributed by atoms with van der Waals surface area (Å²) in [7, 11) is 1.46. The molecule has 1 aliphatic rings. The van der Waals surface area contributed by atoms with E-state index in [0.717, 1.165) is 18.6 Å². The number of nitrogens with zero attached hydrogens (tertiary/aromatic N) is 1. The minimum Gasteiger partial charge on any atom is -0.494 e. The highest BCUT2D eigenvalue weighted by molar-refractivity contribution is 6.00. The number of hydrogen-bond donors (Lipinski definition) is 2. The van der Waals surface area contributed by atoms with Gasteiger partial charge in [0.05, 0.1) is 19.3 Å². The standard InChI is InChI=1S/C20H19F2N3O4/c1-29-17-10-15(4-5-16(17)25-6-2-3-19(25)27)24-18(26)11-23-20(28)12-7-13(21)9-14(22)8-12/h4-5,7-10H,2-3,6,11H2,1H3,(H,23,28)(H,24,26). The highest BCUT2D eigenvalue weighted by Crippen LogP contribution is 2.33. The molecule has 0 spiro atoms. The van der Waals surface area contributed by atoms with Crippen LogP contribution in [0.5, 0.6) is 5.75 Å². The number of methoxy groups -OCH3 is 1. The van der Waals surface area contributed by atoms with Gasteiger partial charge < -0.3 is 20.3 Å². The fourth-order valence-corrected chi connectivity index (χ4v) is 3.03. The summed E-state index contributed by atoms with van der Waals surface area (Å²) < 4.78 is 31.7. The van der Waals surface area contributed by atoms with E-state index in [2.05, 4.69) is 10.6 Å². The van der Waals surface area contributed by atoms with Gasteiger partial charge in [0.1, 0.15) is 17.4 Å². The van der Waals surface area contributed by atoms with Gasteiger partial charge in [-0.05, 0) is 30.7 Å². The average Bonchev–Trinajstić information content (AvgIpc) is 3.11. The van der Waals surface area contributed by atoms with E-state index in [9.17, 15) is 23.2 Å². The van der Waals surface area contributed by atoms with Crippen LogP contribution in [0.2, 0.25) is 0 Å². The van der Waals surface area contributed by atoms with E-state index in [-0.39, 0.29) is 11.5 Å². The zero-order valence-electron chi connectivity index (χ0n) is 15.6. The fourth-order valence-electron chi connectivity index (χ4n) is 3.03. The molecule has 1 fully saturated rings. The molecule has 2 aromatic rings. The van der Waals surface area contributed by atoms with Crippen molar-refractivity contribution in [2.45, 2.75) is 12.8 Å². The van der Waals surface area contributed by atoms with E-state index in [1.54, 1.807) is 23.1 Å². The summed E-state index contributed by atoms with van der Waals surface area (Å²) in [5.74, 6) is -2.65. The molecule has 0 atom stereocenters. The molecule has 0 unspecified atom stereocenters. The lowest BCUT2D eigenvalue weighted by Gasteiger charge is -2.19. The molecule has 3 rings (SSSR count). The number of carbonyl (C=O) groups excluding carboxylic acids is 3. The van der Waals surface area contributed by atoms with Crippen molar-refractivity contribution in [2.24, 2.45) is 0 Å². The Balaban J connectivity index is 1.61. The molecule has 1 aliphatic heterocycles. The predicted octanol–water partition coefficient (Wildman–Crippen LogP) is 2.47. The number of carbonyl (C=O) groups is 3. The lowest BCUT2D eigenvalue weighted by molar-refractivity contribution is -0.117. The van der Waals surface area contributed by atoms with Gasteiger partial charge >= 0.3 is 0 Å². The number of anilines is 2. The molecule has 3 amide bonds. The van der Waals surface area contributed by atoms with Crippen molar-refractivity contribution in [3.8, 4) is 5.75 Å². The lowest BCUT2D eigenvalue weighted by Crippen LogP contribution is -2.33. The first-order valence-electron chi connectivity index (χ1n) is 8.90. The topological polar surface area (TPSA) is 87.7 Å². The van der Waals surface area contributed by atoms with Crippen LogP contribution >= 0.6 is 0 Å². The van der Waals surface area contributed by atoms with Gasteiger partial charge in [0.2, 0.25) is 11.8 Å². The lowest BCUT2D eigenvalue weighted by atomic mass is 10.2. The maximum Gasteiger partial charge on any atom is 0.251 e. The van der Waals surface area contributed by atoms with Gasteiger partial charge in [-0.3, -0.25) is 14.4 Å². The van der Waals surface area contributed by atoms with Gasteiger partial charge in [-0.15, -0.1) is 0 Å². The molecule has 1 heterocycles. The zero-order chi connectivity index (χ0) is 21.0. The molecule has 0 aliphatic carbocycles. The van der Waals surface area contributed by atoms with Gasteiger partial charge in [-0.2, -0.15) is 0 Å². The fraction of sp³-hybridized carbons (Fsp3) is 0.250. The van der Waals surface area contributed by atoms with Crippen molar-refractivity contribution in [2.75, 3.05) is 30.4 Å². The third kappa shape index (κ3) is 4.87. The molecule has 152 valence electrons. The second-order valence-corrected chi connectivity index (χ2v) is 6.42. The van der Waals surface area contributed by atoms with E-state index in [1.807, 2.05) is 0 Å². The highest BCUT2D eigenvalue weighted by atomic mass is 19.1. The average molecular weight is 403 g/mol. The van der Waals surface area contributed by atoms with Crippen molar-refractivity contribution >= 4 is 29.1 Å². The molecule has 9 heteroatoms. The van der Waals surface area contributed by atoms with Crippen LogP contribution < -0.4 is 20.3 Å². The predicted molar refractivity (Wildman–Crippen MR) is 102 cm³/mol. The number of amides is 3. The van der Waals surface area contributed by atoms with Crippen molar-refractivity contribution in [3.05, 3.63) is 53.6 Å². The number of halogens is 2. The van der Waals surface area contributed by atoms with E-state index >= 15 is 0 Å². The normalized spacial score (nSPS) is 13.3. The quantitative estimate of drug-likeness (QED) is 0.776. The zero-order valence-corrected chi connectivity index (χ0v) is 15.6. The first kappa shape index (κ1) is 20.2. The largest absolute Gasteiger partial charge is 0.494 e. The van der Waals surface area contributed by atoms with Crippen LogP contribution in [-0.2, 0) is 9.59 Å². The number of rotatable bonds is 6. The Hall–Kier alpha value is -3.49. The molecule has 2 aromatic carbocycles. The van der Waals surface area contributed by atoms with Crippen LogP contribution in [-0.4, -0.2) is 37.9 Å². The maximum absolute atomic E-state index is 13.2. The number of hydrogen-bond acceptors (Lipinski definition) is 4. The number of benzene rings is 2. The molecule has 2 N–H and O–H groups in total. The Morgan fingerprint density at radius 3 is 2.48 bits per heavy atom. The summed E-state index contributed by atoms with van der Waals surface area (Å²) in [6, 6.07) is 7.26. The number of nitrogens with one attached hydrogen (secondary N) is 2. The van der Waals surface area contributed by atoms with Crippen molar-refractivity contribution < 1.29 is 27.9 Å². The second kappa shape index (κ2) is 8.68. The monoisotopic (exact) mass is 403 g/mol. The summed E-state index contributed by atoms with van der Waals surface area (Å²) in [6.45, 7) is 0.208. The van der Waals surface area contributed by atoms with Crippen LogP contribution in [0.15, 0.2) is 36.4 Å². The van der Waals surface area contributed by atoms with Gasteiger partial charge in [0.15, 0.2) is 0 Å². The third-order valence-corrected chi connectivity index (χ3v) is 4.36. The van der Waals surface area contributed by atoms with E-state index in [4.69, 9.17) is 4.74 Å². The van der Waals surface area contributed by atoms with Gasteiger partial charge in [0.25, 0.3) is 5.91 Å². The van der Waals surface area contributed by atoms with E-state index < -0.39 is 30.0 Å².